The number of nitrogens with one attached hydrogen (secondary N) is 1. The van der Waals surface area contributed by atoms with Gasteiger partial charge in [0.1, 0.15) is 6.23 Å². The summed E-state index contributed by atoms with van der Waals surface area (Å²) < 4.78 is 0. The van der Waals surface area contributed by atoms with E-state index in [1.165, 1.54) is 19.1 Å². The Morgan fingerprint density at radius 3 is 2.71 bits per heavy atom. The van der Waals surface area contributed by atoms with Gasteiger partial charge in [0.25, 0.3) is 0 Å². The Labute approximate surface area is 80.0 Å². The van der Waals surface area contributed by atoms with Crippen LogP contribution in [0.15, 0.2) is 18.2 Å². The normalized spacial score (nSPS) is 12.1. The molecule has 0 aliphatic heterocycles. The van der Waals surface area contributed by atoms with Gasteiger partial charge in [-0.05, 0) is 19.1 Å². The van der Waals surface area contributed by atoms with E-state index in [-0.39, 0.29) is 0 Å². The van der Waals surface area contributed by atoms with Crippen molar-refractivity contribution in [3.8, 4) is 5.75 Å². The van der Waals surface area contributed by atoms with Crippen LogP contribution in [0.3, 0.4) is 0 Å². The standard InChI is InChI=1S/C8H10N2O4/c1-5(11)9-6-2-3-8(12)7(4-6)10(13)14/h2-5,9,11-12H,1H3. The second-order valence-corrected chi connectivity index (χ2v) is 2.78. The van der Waals surface area contributed by atoms with Crippen LogP contribution in [-0.4, -0.2) is 21.4 Å². The first-order valence-electron chi connectivity index (χ1n) is 3.92. The maximum absolute atomic E-state index is 10.4. The number of phenols is 1. The van der Waals surface area contributed by atoms with Crippen molar-refractivity contribution in [3.63, 3.8) is 0 Å². The number of aliphatic hydroxyl groups excluding tert-OH is 1. The van der Waals surface area contributed by atoms with E-state index in [1.54, 1.807) is 0 Å². The van der Waals surface area contributed by atoms with Crippen molar-refractivity contribution in [1.29, 1.82) is 0 Å². The van der Waals surface area contributed by atoms with E-state index < -0.39 is 22.6 Å². The van der Waals surface area contributed by atoms with E-state index in [0.717, 1.165) is 6.07 Å². The zero-order valence-corrected chi connectivity index (χ0v) is 7.47. The lowest BCUT2D eigenvalue weighted by atomic mass is 10.2. The van der Waals surface area contributed by atoms with Crippen LogP contribution in [0.4, 0.5) is 11.4 Å². The number of hydrogen-bond donors (Lipinski definition) is 3. The van der Waals surface area contributed by atoms with E-state index in [9.17, 15) is 10.1 Å². The highest BCUT2D eigenvalue weighted by molar-refractivity contribution is 5.57. The second kappa shape index (κ2) is 3.93. The highest BCUT2D eigenvalue weighted by atomic mass is 16.6. The summed E-state index contributed by atoms with van der Waals surface area (Å²) in [5.74, 6) is -0.397. The average Bonchev–Trinajstić information content (AvgIpc) is 2.07. The molecule has 0 fully saturated rings. The predicted octanol–water partition coefficient (Wildman–Crippen LogP) is 1.05. The fourth-order valence-electron chi connectivity index (χ4n) is 1.00. The number of nitro benzene ring substituents is 1. The molecule has 0 saturated heterocycles. The number of hydrogen-bond acceptors (Lipinski definition) is 5. The minimum absolute atomic E-state index is 0.379. The average molecular weight is 198 g/mol. The van der Waals surface area contributed by atoms with E-state index >= 15 is 0 Å². The predicted molar refractivity (Wildman–Crippen MR) is 50.1 cm³/mol. The third-order valence-corrected chi connectivity index (χ3v) is 1.55. The summed E-state index contributed by atoms with van der Waals surface area (Å²) in [6.07, 6.45) is -0.806. The molecular weight excluding hydrogens is 188 g/mol. The van der Waals surface area contributed by atoms with Gasteiger partial charge in [-0.1, -0.05) is 0 Å². The molecule has 0 aliphatic carbocycles. The van der Waals surface area contributed by atoms with Crippen LogP contribution >= 0.6 is 0 Å². The fraction of sp³-hybridized carbons (Fsp3) is 0.250. The molecule has 0 aliphatic rings. The van der Waals surface area contributed by atoms with E-state index in [2.05, 4.69) is 5.32 Å². The summed E-state index contributed by atoms with van der Waals surface area (Å²) in [4.78, 5) is 9.72. The third kappa shape index (κ3) is 2.33. The lowest BCUT2D eigenvalue weighted by Crippen LogP contribution is -2.13. The first-order valence-corrected chi connectivity index (χ1v) is 3.92. The van der Waals surface area contributed by atoms with Crippen molar-refractivity contribution in [2.45, 2.75) is 13.2 Å². The molecule has 1 aromatic carbocycles. The summed E-state index contributed by atoms with van der Waals surface area (Å²) in [5.41, 5.74) is -0.0137. The summed E-state index contributed by atoms with van der Waals surface area (Å²) in [6.45, 7) is 1.48. The van der Waals surface area contributed by atoms with Gasteiger partial charge in [-0.25, -0.2) is 0 Å². The van der Waals surface area contributed by atoms with Gasteiger partial charge >= 0.3 is 5.69 Å². The van der Waals surface area contributed by atoms with E-state index in [1.807, 2.05) is 0 Å². The largest absolute Gasteiger partial charge is 0.502 e. The molecule has 1 aromatic rings. The lowest BCUT2D eigenvalue weighted by Gasteiger charge is -2.08. The zero-order chi connectivity index (χ0) is 10.7. The molecule has 14 heavy (non-hydrogen) atoms. The Morgan fingerprint density at radius 2 is 2.21 bits per heavy atom. The van der Waals surface area contributed by atoms with E-state index in [0.29, 0.717) is 5.69 Å². The first-order chi connectivity index (χ1) is 6.50. The van der Waals surface area contributed by atoms with Gasteiger partial charge < -0.3 is 15.5 Å². The Hall–Kier alpha value is -1.82. The molecule has 6 nitrogen and oxygen atoms in total. The van der Waals surface area contributed by atoms with Crippen molar-refractivity contribution in [2.24, 2.45) is 0 Å². The number of nitro groups is 1. The van der Waals surface area contributed by atoms with Gasteiger partial charge in [0.15, 0.2) is 5.75 Å². The quantitative estimate of drug-likeness (QED) is 0.292. The molecule has 3 N–H and O–H groups in total. The molecule has 6 heteroatoms. The van der Waals surface area contributed by atoms with Gasteiger partial charge in [0.05, 0.1) is 4.92 Å². The first kappa shape index (κ1) is 10.3. The van der Waals surface area contributed by atoms with Gasteiger partial charge in [0.2, 0.25) is 0 Å². The minimum atomic E-state index is -0.806. The molecule has 76 valence electrons. The summed E-state index contributed by atoms with van der Waals surface area (Å²) in [7, 11) is 0. The Bertz CT molecular complexity index is 351. The van der Waals surface area contributed by atoms with Crippen LogP contribution in [0.5, 0.6) is 5.75 Å². The Morgan fingerprint density at radius 1 is 1.57 bits per heavy atom. The van der Waals surface area contributed by atoms with Crippen molar-refractivity contribution >= 4 is 11.4 Å². The second-order valence-electron chi connectivity index (χ2n) is 2.78. The number of aliphatic hydroxyl groups is 1. The molecule has 0 amide bonds. The highest BCUT2D eigenvalue weighted by Crippen LogP contribution is 2.28. The number of nitrogens with zero attached hydrogens (tertiary/aromatic N) is 1. The van der Waals surface area contributed by atoms with Crippen LogP contribution in [-0.2, 0) is 0 Å². The molecule has 0 radical (unpaired) electrons. The SMILES string of the molecule is CC(O)Nc1ccc(O)c([N+](=O)[O-])c1. The van der Waals surface area contributed by atoms with Crippen LogP contribution in [0.25, 0.3) is 0 Å². The Kier molecular flexibility index (Phi) is 2.88. The smallest absolute Gasteiger partial charge is 0.312 e. The summed E-state index contributed by atoms with van der Waals surface area (Å²) in [6, 6.07) is 3.79. The van der Waals surface area contributed by atoms with Gasteiger partial charge in [-0.2, -0.15) is 0 Å². The number of rotatable bonds is 3. The van der Waals surface area contributed by atoms with Gasteiger partial charge in [0, 0.05) is 11.8 Å². The van der Waals surface area contributed by atoms with Crippen molar-refractivity contribution in [2.75, 3.05) is 5.32 Å². The van der Waals surface area contributed by atoms with Gasteiger partial charge in [-0.15, -0.1) is 0 Å². The minimum Gasteiger partial charge on any atom is -0.502 e. The third-order valence-electron chi connectivity index (χ3n) is 1.55. The zero-order valence-electron chi connectivity index (χ0n) is 7.47. The van der Waals surface area contributed by atoms with E-state index in [4.69, 9.17) is 10.2 Å². The summed E-state index contributed by atoms with van der Waals surface area (Å²) in [5, 5.41) is 31.1. The highest BCUT2D eigenvalue weighted by Gasteiger charge is 2.13. The molecule has 0 spiro atoms. The molecule has 0 aromatic heterocycles. The van der Waals surface area contributed by atoms with Crippen molar-refractivity contribution in [3.05, 3.63) is 28.3 Å². The molecule has 0 bridgehead atoms. The molecule has 0 heterocycles. The van der Waals surface area contributed by atoms with Crippen LogP contribution in [0.1, 0.15) is 6.92 Å². The fourth-order valence-corrected chi connectivity index (χ4v) is 1.00. The van der Waals surface area contributed by atoms with Gasteiger partial charge in [-0.3, -0.25) is 10.1 Å². The maximum atomic E-state index is 10.4. The molecular formula is C8H10N2O4. The molecule has 1 rings (SSSR count). The summed E-state index contributed by atoms with van der Waals surface area (Å²) >= 11 is 0. The Balaban J connectivity index is 3.00. The monoisotopic (exact) mass is 198 g/mol. The number of phenolic OH excluding ortho intramolecular Hbond substituents is 1. The molecule has 0 saturated carbocycles. The lowest BCUT2D eigenvalue weighted by molar-refractivity contribution is -0.385. The number of benzene rings is 1. The topological polar surface area (TPSA) is 95.6 Å². The van der Waals surface area contributed by atoms with Crippen molar-refractivity contribution < 1.29 is 15.1 Å². The van der Waals surface area contributed by atoms with Crippen molar-refractivity contribution in [1.82, 2.24) is 0 Å². The molecule has 1 atom stereocenters. The maximum Gasteiger partial charge on any atom is 0.312 e. The van der Waals surface area contributed by atoms with Crippen LogP contribution in [0, 0.1) is 10.1 Å². The number of aromatic hydroxyl groups is 1. The number of anilines is 1. The van der Waals surface area contributed by atoms with Crippen LogP contribution < -0.4 is 5.32 Å². The molecule has 1 unspecified atom stereocenters. The van der Waals surface area contributed by atoms with Crippen LogP contribution in [0.2, 0.25) is 0 Å².